The Morgan fingerprint density at radius 2 is 1.83 bits per heavy atom. The minimum Gasteiger partial charge on any atom is -0.493 e. The number of hydrogen-bond acceptors (Lipinski definition) is 5. The first-order chi connectivity index (χ1) is 14.5. The average Bonchev–Trinajstić information content (AvgIpc) is 3.03. The highest BCUT2D eigenvalue weighted by Crippen LogP contribution is 2.35. The second-order valence-electron chi connectivity index (χ2n) is 7.70. The molecule has 4 rings (SSSR count). The van der Waals surface area contributed by atoms with Crippen molar-refractivity contribution in [3.8, 4) is 11.5 Å². The highest BCUT2D eigenvalue weighted by molar-refractivity contribution is 6.08. The van der Waals surface area contributed by atoms with Crippen LogP contribution < -0.4 is 19.7 Å². The molecule has 1 unspecified atom stereocenters. The number of nitrogens with one attached hydrogen (secondary N) is 1. The summed E-state index contributed by atoms with van der Waals surface area (Å²) in [4.78, 5) is 30.0. The van der Waals surface area contributed by atoms with E-state index >= 15 is 0 Å². The van der Waals surface area contributed by atoms with E-state index in [1.165, 1.54) is 0 Å². The highest BCUT2D eigenvalue weighted by Gasteiger charge is 2.36. The Morgan fingerprint density at radius 3 is 2.60 bits per heavy atom. The van der Waals surface area contributed by atoms with Crippen LogP contribution in [-0.4, -0.2) is 50.7 Å². The second kappa shape index (κ2) is 8.26. The van der Waals surface area contributed by atoms with Crippen LogP contribution in [-0.2, 0) is 0 Å². The van der Waals surface area contributed by atoms with Crippen molar-refractivity contribution in [3.63, 3.8) is 0 Å². The number of hydrogen-bond donors (Lipinski definition) is 1. The lowest BCUT2D eigenvalue weighted by molar-refractivity contribution is 0.0661. The van der Waals surface area contributed by atoms with Gasteiger partial charge in [-0.2, -0.15) is 0 Å². The smallest absolute Gasteiger partial charge is 0.257 e. The summed E-state index contributed by atoms with van der Waals surface area (Å²) in [6, 6.07) is 10.5. The standard InChI is InChI=1S/C23H27N3O4/c1-25-18-13-15(22(27)24-16-9-11-19(29-2)20(14-16)30-3)8-10-17(18)23(28)26-12-6-4-5-7-21(25)26/h8-11,13-14,21H,4-7,12H2,1-3H3,(H,24,27). The molecule has 2 aliphatic heterocycles. The molecule has 2 aliphatic rings. The molecule has 2 amide bonds. The number of methoxy groups -OCH3 is 2. The highest BCUT2D eigenvalue weighted by atomic mass is 16.5. The predicted molar refractivity (Wildman–Crippen MR) is 116 cm³/mol. The van der Waals surface area contributed by atoms with Gasteiger partial charge in [0.25, 0.3) is 11.8 Å². The van der Waals surface area contributed by atoms with Gasteiger partial charge in [0.2, 0.25) is 0 Å². The topological polar surface area (TPSA) is 71.1 Å². The van der Waals surface area contributed by atoms with Crippen LogP contribution in [0.5, 0.6) is 11.5 Å². The Kier molecular flexibility index (Phi) is 5.53. The van der Waals surface area contributed by atoms with Crippen LogP contribution in [0.3, 0.4) is 0 Å². The van der Waals surface area contributed by atoms with E-state index in [1.54, 1.807) is 44.6 Å². The van der Waals surface area contributed by atoms with Gasteiger partial charge in [0.15, 0.2) is 11.5 Å². The van der Waals surface area contributed by atoms with Crippen LogP contribution in [0.1, 0.15) is 46.4 Å². The molecule has 0 saturated carbocycles. The number of anilines is 2. The molecular weight excluding hydrogens is 382 g/mol. The molecule has 2 heterocycles. The number of benzene rings is 2. The van der Waals surface area contributed by atoms with Gasteiger partial charge < -0.3 is 24.6 Å². The Hall–Kier alpha value is -3.22. The first-order valence-electron chi connectivity index (χ1n) is 10.2. The molecule has 0 aliphatic carbocycles. The van der Waals surface area contributed by atoms with Crippen LogP contribution in [0.2, 0.25) is 0 Å². The van der Waals surface area contributed by atoms with E-state index < -0.39 is 0 Å². The zero-order chi connectivity index (χ0) is 21.3. The number of ether oxygens (including phenoxy) is 2. The van der Waals surface area contributed by atoms with Crippen molar-refractivity contribution in [2.24, 2.45) is 0 Å². The second-order valence-corrected chi connectivity index (χ2v) is 7.70. The summed E-state index contributed by atoms with van der Waals surface area (Å²) < 4.78 is 10.5. The van der Waals surface area contributed by atoms with Gasteiger partial charge in [0.1, 0.15) is 6.17 Å². The molecule has 2 aromatic rings. The van der Waals surface area contributed by atoms with E-state index in [0.29, 0.717) is 28.3 Å². The fraction of sp³-hybridized carbons (Fsp3) is 0.391. The number of amides is 2. The third-order valence-electron chi connectivity index (χ3n) is 5.94. The molecule has 1 N–H and O–H groups in total. The molecule has 158 valence electrons. The predicted octanol–water partition coefficient (Wildman–Crippen LogP) is 3.75. The molecule has 1 saturated heterocycles. The van der Waals surface area contributed by atoms with Crippen LogP contribution >= 0.6 is 0 Å². The van der Waals surface area contributed by atoms with Crippen molar-refractivity contribution in [1.82, 2.24) is 4.90 Å². The van der Waals surface area contributed by atoms with E-state index in [1.807, 2.05) is 18.0 Å². The monoisotopic (exact) mass is 409 g/mol. The Labute approximate surface area is 176 Å². The SMILES string of the molecule is COc1ccc(NC(=O)c2ccc3c(c2)N(C)C2CCCCCN2C3=O)cc1OC. The lowest BCUT2D eigenvalue weighted by Crippen LogP contribution is -2.53. The van der Waals surface area contributed by atoms with Crippen LogP contribution in [0, 0.1) is 0 Å². The average molecular weight is 409 g/mol. The molecule has 2 aromatic carbocycles. The lowest BCUT2D eigenvalue weighted by atomic mass is 10.0. The van der Waals surface area contributed by atoms with Crippen molar-refractivity contribution in [2.45, 2.75) is 31.8 Å². The molecule has 0 bridgehead atoms. The zero-order valence-corrected chi connectivity index (χ0v) is 17.6. The maximum Gasteiger partial charge on any atom is 0.257 e. The number of carbonyl (C=O) groups excluding carboxylic acids is 2. The first kappa shape index (κ1) is 20.1. The van der Waals surface area contributed by atoms with Crippen molar-refractivity contribution in [3.05, 3.63) is 47.5 Å². The summed E-state index contributed by atoms with van der Waals surface area (Å²) in [6.45, 7) is 0.787. The van der Waals surface area contributed by atoms with Gasteiger partial charge in [-0.3, -0.25) is 9.59 Å². The normalized spacial score (nSPS) is 18.2. The number of carbonyl (C=O) groups is 2. The quantitative estimate of drug-likeness (QED) is 0.833. The van der Waals surface area contributed by atoms with Gasteiger partial charge in [-0.15, -0.1) is 0 Å². The Bertz CT molecular complexity index is 975. The fourth-order valence-electron chi connectivity index (χ4n) is 4.31. The van der Waals surface area contributed by atoms with Gasteiger partial charge in [0.05, 0.1) is 25.5 Å². The summed E-state index contributed by atoms with van der Waals surface area (Å²) in [5, 5.41) is 2.90. The summed E-state index contributed by atoms with van der Waals surface area (Å²) in [5.41, 5.74) is 2.57. The molecule has 0 aromatic heterocycles. The Balaban J connectivity index is 1.60. The van der Waals surface area contributed by atoms with Gasteiger partial charge >= 0.3 is 0 Å². The molecule has 0 radical (unpaired) electrons. The van der Waals surface area contributed by atoms with Crippen molar-refractivity contribution in [2.75, 3.05) is 38.0 Å². The molecule has 7 nitrogen and oxygen atoms in total. The summed E-state index contributed by atoms with van der Waals surface area (Å²) in [7, 11) is 5.12. The summed E-state index contributed by atoms with van der Waals surface area (Å²) in [6.07, 6.45) is 4.29. The van der Waals surface area contributed by atoms with Gasteiger partial charge in [0, 0.05) is 30.9 Å². The van der Waals surface area contributed by atoms with E-state index in [-0.39, 0.29) is 18.0 Å². The molecule has 0 spiro atoms. The van der Waals surface area contributed by atoms with E-state index in [0.717, 1.165) is 37.9 Å². The maximum atomic E-state index is 13.0. The lowest BCUT2D eigenvalue weighted by Gasteiger charge is -2.43. The fourth-order valence-corrected chi connectivity index (χ4v) is 4.31. The maximum absolute atomic E-state index is 13.0. The third-order valence-corrected chi connectivity index (χ3v) is 5.94. The van der Waals surface area contributed by atoms with Crippen LogP contribution in [0.25, 0.3) is 0 Å². The minimum absolute atomic E-state index is 0.0525. The molecule has 1 atom stereocenters. The summed E-state index contributed by atoms with van der Waals surface area (Å²) in [5.74, 6) is 0.952. The van der Waals surface area contributed by atoms with Crippen LogP contribution in [0.4, 0.5) is 11.4 Å². The number of rotatable bonds is 4. The zero-order valence-electron chi connectivity index (χ0n) is 17.6. The molecule has 1 fully saturated rings. The van der Waals surface area contributed by atoms with E-state index in [9.17, 15) is 9.59 Å². The molecule has 30 heavy (non-hydrogen) atoms. The largest absolute Gasteiger partial charge is 0.493 e. The van der Waals surface area contributed by atoms with Crippen LogP contribution in [0.15, 0.2) is 36.4 Å². The minimum atomic E-state index is -0.242. The van der Waals surface area contributed by atoms with E-state index in [2.05, 4.69) is 10.2 Å². The number of nitrogens with zero attached hydrogens (tertiary/aromatic N) is 2. The number of fused-ring (bicyclic) bond motifs is 2. The molecular formula is C23H27N3O4. The van der Waals surface area contributed by atoms with Crippen molar-refractivity contribution in [1.29, 1.82) is 0 Å². The van der Waals surface area contributed by atoms with Crippen molar-refractivity contribution < 1.29 is 19.1 Å². The van der Waals surface area contributed by atoms with Gasteiger partial charge in [-0.05, 0) is 49.6 Å². The summed E-state index contributed by atoms with van der Waals surface area (Å²) >= 11 is 0. The first-order valence-corrected chi connectivity index (χ1v) is 10.2. The van der Waals surface area contributed by atoms with Gasteiger partial charge in [-0.25, -0.2) is 0 Å². The third kappa shape index (κ3) is 3.56. The molecule has 7 heteroatoms. The van der Waals surface area contributed by atoms with E-state index in [4.69, 9.17) is 9.47 Å². The Morgan fingerprint density at radius 1 is 1.03 bits per heavy atom. The van der Waals surface area contributed by atoms with Gasteiger partial charge in [-0.1, -0.05) is 6.42 Å². The van der Waals surface area contributed by atoms with Crippen molar-refractivity contribution >= 4 is 23.2 Å².